The summed E-state index contributed by atoms with van der Waals surface area (Å²) in [6.45, 7) is 4.39. The number of rotatable bonds is 4. The van der Waals surface area contributed by atoms with E-state index in [0.29, 0.717) is 12.3 Å². The molecule has 4 fully saturated rings. The Hall–Kier alpha value is -0.550. The van der Waals surface area contributed by atoms with E-state index in [1.54, 1.807) is 0 Å². The quantitative estimate of drug-likeness (QED) is 0.517. The number of nitrogens with one attached hydrogen (secondary N) is 4. The third kappa shape index (κ3) is 4.16. The van der Waals surface area contributed by atoms with Crippen LogP contribution in [-0.4, -0.2) is 54.1 Å². The minimum absolute atomic E-state index is 0.0492. The lowest BCUT2D eigenvalue weighted by Gasteiger charge is -2.33. The molecule has 8 unspecified atom stereocenters. The highest BCUT2D eigenvalue weighted by molar-refractivity contribution is 7.99. The van der Waals surface area contributed by atoms with Gasteiger partial charge in [0.2, 0.25) is 5.91 Å². The van der Waals surface area contributed by atoms with Gasteiger partial charge in [-0.2, -0.15) is 18.7 Å². The minimum atomic E-state index is -4.28. The van der Waals surface area contributed by atoms with Crippen LogP contribution in [0.1, 0.15) is 39.5 Å². The fourth-order valence-electron chi connectivity index (χ4n) is 5.04. The second-order valence-corrected chi connectivity index (χ2v) is 9.66. The molecule has 0 radical (unpaired) electrons. The molecule has 28 heavy (non-hydrogen) atoms. The maximum Gasteiger partial charge on any atom is 0.403 e. The first-order valence-electron chi connectivity index (χ1n) is 10.2. The smallest absolute Gasteiger partial charge is 0.352 e. The van der Waals surface area contributed by atoms with Gasteiger partial charge in [0.25, 0.3) is 0 Å². The molecule has 8 atom stereocenters. The number of hydroxylamine groups is 1. The Morgan fingerprint density at radius 2 is 1.93 bits per heavy atom. The molecule has 1 saturated carbocycles. The van der Waals surface area contributed by atoms with Crippen molar-refractivity contribution < 1.29 is 22.8 Å². The van der Waals surface area contributed by atoms with E-state index in [1.807, 2.05) is 6.92 Å². The third-order valence-electron chi connectivity index (χ3n) is 6.64. The van der Waals surface area contributed by atoms with Crippen molar-refractivity contribution >= 4 is 17.9 Å². The van der Waals surface area contributed by atoms with Crippen molar-refractivity contribution in [1.82, 2.24) is 20.8 Å². The summed E-state index contributed by atoms with van der Waals surface area (Å²) in [4.78, 5) is 18.6. The van der Waals surface area contributed by atoms with E-state index in [9.17, 15) is 18.0 Å². The van der Waals surface area contributed by atoms with Crippen LogP contribution in [0.25, 0.3) is 0 Å². The molecule has 4 rings (SSSR count). The van der Waals surface area contributed by atoms with Crippen molar-refractivity contribution in [2.45, 2.75) is 81.2 Å². The summed E-state index contributed by atoms with van der Waals surface area (Å²) >= 11 is 1.44. The number of amides is 1. The number of carbonyl (C=O) groups excluding carboxylic acids is 1. The van der Waals surface area contributed by atoms with E-state index < -0.39 is 18.3 Å². The van der Waals surface area contributed by atoms with Crippen LogP contribution < -0.4 is 20.8 Å². The minimum Gasteiger partial charge on any atom is -0.352 e. The highest BCUT2D eigenvalue weighted by atomic mass is 32.2. The van der Waals surface area contributed by atoms with E-state index >= 15 is 0 Å². The number of hydrogen-bond acceptors (Lipinski definition) is 6. The van der Waals surface area contributed by atoms with Crippen LogP contribution in [0.2, 0.25) is 0 Å². The molecule has 0 bridgehead atoms. The Morgan fingerprint density at radius 1 is 1.18 bits per heavy atom. The summed E-state index contributed by atoms with van der Waals surface area (Å²) in [6.07, 6.45) is -1.59. The van der Waals surface area contributed by atoms with Gasteiger partial charge < -0.3 is 10.6 Å². The maximum atomic E-state index is 13.0. The van der Waals surface area contributed by atoms with Crippen molar-refractivity contribution in [3.63, 3.8) is 0 Å². The first-order valence-corrected chi connectivity index (χ1v) is 11.1. The number of carbonyl (C=O) groups is 1. The van der Waals surface area contributed by atoms with Crippen molar-refractivity contribution in [1.29, 1.82) is 0 Å². The van der Waals surface area contributed by atoms with Gasteiger partial charge in [0.05, 0.1) is 6.10 Å². The highest BCUT2D eigenvalue weighted by Crippen LogP contribution is 2.49. The van der Waals surface area contributed by atoms with Crippen LogP contribution in [0.4, 0.5) is 13.2 Å². The molecule has 160 valence electrons. The molecule has 0 spiro atoms. The summed E-state index contributed by atoms with van der Waals surface area (Å²) in [5.41, 5.74) is 3.04. The molecule has 1 amide bonds. The van der Waals surface area contributed by atoms with Crippen molar-refractivity contribution in [2.24, 2.45) is 17.8 Å². The maximum absolute atomic E-state index is 13.0. The highest BCUT2D eigenvalue weighted by Gasteiger charge is 2.54. The largest absolute Gasteiger partial charge is 0.403 e. The fourth-order valence-corrected chi connectivity index (χ4v) is 6.39. The van der Waals surface area contributed by atoms with Crippen LogP contribution >= 0.6 is 11.9 Å². The molecule has 0 aromatic heterocycles. The number of piperidine rings is 1. The number of hydrogen-bond donors (Lipinski definition) is 4. The van der Waals surface area contributed by atoms with Gasteiger partial charge in [-0.25, -0.2) is 0 Å². The van der Waals surface area contributed by atoms with Gasteiger partial charge in [-0.05, 0) is 52.0 Å². The van der Waals surface area contributed by atoms with Gasteiger partial charge in [0.1, 0.15) is 11.3 Å². The molecule has 4 aliphatic rings. The van der Waals surface area contributed by atoms with E-state index in [1.165, 1.54) is 11.9 Å². The predicted octanol–water partition coefficient (Wildman–Crippen LogP) is 1.73. The van der Waals surface area contributed by atoms with Crippen molar-refractivity contribution in [2.75, 3.05) is 6.54 Å². The molecule has 0 aromatic rings. The molecule has 4 N–H and O–H groups in total. The lowest BCUT2D eigenvalue weighted by Crippen LogP contribution is -2.55. The van der Waals surface area contributed by atoms with Gasteiger partial charge in [-0.3, -0.25) is 14.4 Å². The Kier molecular flexibility index (Phi) is 5.87. The number of halogens is 3. The van der Waals surface area contributed by atoms with Crippen LogP contribution in [0.5, 0.6) is 0 Å². The zero-order valence-electron chi connectivity index (χ0n) is 16.1. The molecular weight excluding hydrogens is 393 g/mol. The standard InChI is InChI=1S/C18H29F3N4O2S/c1-8-13(9(2)27-24-8)15-14(10-3-4-10)16(28-25-15)17(26)23-11-5-6-22-12(7-11)18(19,20)21/h8-16,22,24-25H,3-7H2,1-2H3,(H,23,26). The Morgan fingerprint density at radius 3 is 2.54 bits per heavy atom. The summed E-state index contributed by atoms with van der Waals surface area (Å²) in [5, 5.41) is 5.16. The third-order valence-corrected chi connectivity index (χ3v) is 7.83. The number of alkyl halides is 3. The Bertz CT molecular complexity index is 582. The molecule has 0 aromatic carbocycles. The first kappa shape index (κ1) is 20.7. The van der Waals surface area contributed by atoms with Crippen molar-refractivity contribution in [3.8, 4) is 0 Å². The van der Waals surface area contributed by atoms with Gasteiger partial charge in [-0.1, -0.05) is 11.9 Å². The topological polar surface area (TPSA) is 74.4 Å². The second kappa shape index (κ2) is 7.94. The second-order valence-electron chi connectivity index (χ2n) is 8.68. The molecule has 3 saturated heterocycles. The molecule has 1 aliphatic carbocycles. The zero-order chi connectivity index (χ0) is 20.1. The van der Waals surface area contributed by atoms with Crippen LogP contribution in [0.15, 0.2) is 0 Å². The zero-order valence-corrected chi connectivity index (χ0v) is 16.9. The lowest BCUT2D eigenvalue weighted by atomic mass is 9.78. The SMILES string of the molecule is CC1NOC(C)C1C1NSC(C(=O)NC2CCNC(C(F)(F)F)C2)C1C1CC1. The van der Waals surface area contributed by atoms with E-state index in [2.05, 4.69) is 27.8 Å². The molecule has 3 aliphatic heterocycles. The van der Waals surface area contributed by atoms with E-state index in [-0.39, 0.29) is 54.1 Å². The van der Waals surface area contributed by atoms with Crippen LogP contribution in [0, 0.1) is 17.8 Å². The molecule has 6 nitrogen and oxygen atoms in total. The van der Waals surface area contributed by atoms with E-state index in [4.69, 9.17) is 4.84 Å². The summed E-state index contributed by atoms with van der Waals surface area (Å²) in [7, 11) is 0. The lowest BCUT2D eigenvalue weighted by molar-refractivity contribution is -0.162. The van der Waals surface area contributed by atoms with Crippen molar-refractivity contribution in [3.05, 3.63) is 0 Å². The summed E-state index contributed by atoms with van der Waals surface area (Å²) < 4.78 is 42.5. The molecular formula is C18H29F3N4O2S. The fraction of sp³-hybridized carbons (Fsp3) is 0.944. The normalized spacial score (nSPS) is 44.6. The Labute approximate surface area is 167 Å². The van der Waals surface area contributed by atoms with Gasteiger partial charge in [0, 0.05) is 30.0 Å². The molecule has 3 heterocycles. The summed E-state index contributed by atoms with van der Waals surface area (Å²) in [6, 6.07) is -1.64. The summed E-state index contributed by atoms with van der Waals surface area (Å²) in [5.74, 6) is 0.809. The predicted molar refractivity (Wildman–Crippen MR) is 100 cm³/mol. The van der Waals surface area contributed by atoms with Crippen LogP contribution in [-0.2, 0) is 9.63 Å². The monoisotopic (exact) mass is 422 g/mol. The average Bonchev–Trinajstić information content (AvgIpc) is 3.30. The van der Waals surface area contributed by atoms with Gasteiger partial charge >= 0.3 is 6.18 Å². The van der Waals surface area contributed by atoms with Crippen LogP contribution in [0.3, 0.4) is 0 Å². The van der Waals surface area contributed by atoms with E-state index in [0.717, 1.165) is 12.8 Å². The van der Waals surface area contributed by atoms with Gasteiger partial charge in [0.15, 0.2) is 0 Å². The molecule has 10 heteroatoms. The Balaban J connectivity index is 1.41. The average molecular weight is 423 g/mol. The first-order chi connectivity index (χ1) is 13.3. The van der Waals surface area contributed by atoms with Gasteiger partial charge in [-0.15, -0.1) is 0 Å².